The highest BCUT2D eigenvalue weighted by Gasteiger charge is 2.18. The number of anilines is 2. The van der Waals surface area contributed by atoms with Crippen LogP contribution in [0.15, 0.2) is 18.2 Å². The maximum absolute atomic E-state index is 12.2. The number of benzene rings is 1. The van der Waals surface area contributed by atoms with Crippen molar-refractivity contribution < 1.29 is 4.79 Å². The van der Waals surface area contributed by atoms with Crippen LogP contribution < -0.4 is 11.1 Å². The molecule has 1 aromatic rings. The summed E-state index contributed by atoms with van der Waals surface area (Å²) in [5.41, 5.74) is 8.23. The van der Waals surface area contributed by atoms with E-state index >= 15 is 0 Å². The number of hydrogen-bond donors (Lipinski definition) is 2. The minimum atomic E-state index is -0.159. The van der Waals surface area contributed by atoms with Gasteiger partial charge in [-0.2, -0.15) is 11.8 Å². The number of nitrogens with two attached hydrogens (primary N) is 1. The monoisotopic (exact) mass is 281 g/mol. The smallest absolute Gasteiger partial charge is 0.241 e. The van der Waals surface area contributed by atoms with Crippen molar-refractivity contribution >= 4 is 29.0 Å². The molecule has 0 radical (unpaired) electrons. The molecule has 19 heavy (non-hydrogen) atoms. The van der Waals surface area contributed by atoms with Crippen LogP contribution >= 0.6 is 11.8 Å². The lowest BCUT2D eigenvalue weighted by Crippen LogP contribution is -2.40. The minimum absolute atomic E-state index is 0.00250. The molecule has 0 aliphatic carbocycles. The predicted molar refractivity (Wildman–Crippen MR) is 84.7 cm³/mol. The van der Waals surface area contributed by atoms with Gasteiger partial charge in [0.2, 0.25) is 5.91 Å². The van der Waals surface area contributed by atoms with Gasteiger partial charge in [-0.15, -0.1) is 0 Å². The SMILES string of the molecule is CSCCN(C)C(C)C(=O)Nc1cccc(N)c1C. The molecule has 0 fully saturated rings. The van der Waals surface area contributed by atoms with E-state index in [0.717, 1.165) is 23.5 Å². The Balaban J connectivity index is 2.66. The molecule has 3 N–H and O–H groups in total. The van der Waals surface area contributed by atoms with Crippen LogP contribution in [-0.4, -0.2) is 42.4 Å². The number of likely N-dealkylation sites (N-methyl/N-ethyl adjacent to an activating group) is 1. The lowest BCUT2D eigenvalue weighted by Gasteiger charge is -2.24. The molecule has 0 aliphatic heterocycles. The Labute approximate surface area is 119 Å². The lowest BCUT2D eigenvalue weighted by molar-refractivity contribution is -0.120. The van der Waals surface area contributed by atoms with E-state index in [1.807, 2.05) is 44.0 Å². The second kappa shape index (κ2) is 7.40. The molecule has 0 bridgehead atoms. The quantitative estimate of drug-likeness (QED) is 0.785. The van der Waals surface area contributed by atoms with E-state index < -0.39 is 0 Å². The van der Waals surface area contributed by atoms with E-state index in [0.29, 0.717) is 5.69 Å². The molecule has 0 saturated carbocycles. The number of thioether (sulfide) groups is 1. The summed E-state index contributed by atoms with van der Waals surface area (Å²) in [6.07, 6.45) is 2.06. The first-order chi connectivity index (χ1) is 8.97. The molecular weight excluding hydrogens is 258 g/mol. The summed E-state index contributed by atoms with van der Waals surface area (Å²) in [5.74, 6) is 1.02. The molecule has 0 aliphatic rings. The van der Waals surface area contributed by atoms with Gasteiger partial charge in [-0.3, -0.25) is 9.69 Å². The van der Waals surface area contributed by atoms with Gasteiger partial charge in [0, 0.05) is 23.7 Å². The Morgan fingerprint density at radius 1 is 1.53 bits per heavy atom. The first-order valence-electron chi connectivity index (χ1n) is 6.32. The Hall–Kier alpha value is -1.20. The molecule has 1 rings (SSSR count). The van der Waals surface area contributed by atoms with Crippen LogP contribution in [0.2, 0.25) is 0 Å². The summed E-state index contributed by atoms with van der Waals surface area (Å²) in [7, 11) is 1.96. The van der Waals surface area contributed by atoms with Crippen molar-refractivity contribution in [2.75, 3.05) is 36.7 Å². The fraction of sp³-hybridized carbons (Fsp3) is 0.500. The molecule has 106 valence electrons. The van der Waals surface area contributed by atoms with Crippen molar-refractivity contribution in [2.24, 2.45) is 0 Å². The van der Waals surface area contributed by atoms with Crippen LogP contribution in [0, 0.1) is 6.92 Å². The largest absolute Gasteiger partial charge is 0.398 e. The maximum atomic E-state index is 12.2. The summed E-state index contributed by atoms with van der Waals surface area (Å²) < 4.78 is 0. The van der Waals surface area contributed by atoms with Crippen molar-refractivity contribution in [3.63, 3.8) is 0 Å². The van der Waals surface area contributed by atoms with Gasteiger partial charge < -0.3 is 11.1 Å². The molecule has 0 heterocycles. The van der Waals surface area contributed by atoms with E-state index in [1.165, 1.54) is 0 Å². The zero-order valence-corrected chi connectivity index (χ0v) is 12.9. The Morgan fingerprint density at radius 3 is 2.84 bits per heavy atom. The topological polar surface area (TPSA) is 58.4 Å². The summed E-state index contributed by atoms with van der Waals surface area (Å²) in [6.45, 7) is 4.72. The van der Waals surface area contributed by atoms with Crippen molar-refractivity contribution in [1.29, 1.82) is 0 Å². The molecule has 0 spiro atoms. The normalized spacial score (nSPS) is 12.5. The highest BCUT2D eigenvalue weighted by molar-refractivity contribution is 7.98. The van der Waals surface area contributed by atoms with Crippen molar-refractivity contribution in [2.45, 2.75) is 19.9 Å². The molecule has 0 saturated heterocycles. The summed E-state index contributed by atoms with van der Waals surface area (Å²) in [5, 5.41) is 2.94. The van der Waals surface area contributed by atoms with Gasteiger partial charge in [0.15, 0.2) is 0 Å². The highest BCUT2D eigenvalue weighted by atomic mass is 32.2. The second-order valence-electron chi connectivity index (χ2n) is 4.66. The van der Waals surface area contributed by atoms with E-state index in [1.54, 1.807) is 11.8 Å². The van der Waals surface area contributed by atoms with Crippen LogP contribution in [0.4, 0.5) is 11.4 Å². The average Bonchev–Trinajstić information content (AvgIpc) is 2.40. The van der Waals surface area contributed by atoms with Crippen LogP contribution in [0.5, 0.6) is 0 Å². The van der Waals surface area contributed by atoms with Crippen molar-refractivity contribution in [1.82, 2.24) is 4.90 Å². The van der Waals surface area contributed by atoms with Crippen LogP contribution in [0.1, 0.15) is 12.5 Å². The van der Waals surface area contributed by atoms with Crippen LogP contribution in [0.3, 0.4) is 0 Å². The van der Waals surface area contributed by atoms with E-state index in [2.05, 4.69) is 11.6 Å². The molecule has 1 atom stereocenters. The van der Waals surface area contributed by atoms with Gasteiger partial charge in [0.25, 0.3) is 0 Å². The Kier molecular flexibility index (Phi) is 6.18. The molecule has 1 unspecified atom stereocenters. The van der Waals surface area contributed by atoms with Gasteiger partial charge >= 0.3 is 0 Å². The first-order valence-corrected chi connectivity index (χ1v) is 7.72. The number of nitrogens with zero attached hydrogens (tertiary/aromatic N) is 1. The third-order valence-electron chi connectivity index (χ3n) is 3.32. The number of hydrogen-bond acceptors (Lipinski definition) is 4. The van der Waals surface area contributed by atoms with Crippen molar-refractivity contribution in [3.05, 3.63) is 23.8 Å². The first kappa shape index (κ1) is 15.9. The summed E-state index contributed by atoms with van der Waals surface area (Å²) in [6, 6.07) is 5.39. The molecule has 0 aromatic heterocycles. The number of rotatable bonds is 6. The second-order valence-corrected chi connectivity index (χ2v) is 5.64. The molecule has 5 heteroatoms. The van der Waals surface area contributed by atoms with Gasteiger partial charge in [0.1, 0.15) is 0 Å². The fourth-order valence-corrected chi connectivity index (χ4v) is 2.13. The third kappa shape index (κ3) is 4.44. The maximum Gasteiger partial charge on any atom is 0.241 e. The minimum Gasteiger partial charge on any atom is -0.398 e. The number of amides is 1. The molecular formula is C14H23N3OS. The van der Waals surface area contributed by atoms with E-state index in [4.69, 9.17) is 5.73 Å². The van der Waals surface area contributed by atoms with Gasteiger partial charge in [-0.25, -0.2) is 0 Å². The number of nitrogen functional groups attached to an aromatic ring is 1. The van der Waals surface area contributed by atoms with Crippen LogP contribution in [0.25, 0.3) is 0 Å². The fourth-order valence-electron chi connectivity index (χ4n) is 1.66. The standard InChI is InChI=1S/C14H23N3OS/c1-10-12(15)6-5-7-13(10)16-14(18)11(2)17(3)8-9-19-4/h5-7,11H,8-9,15H2,1-4H3,(H,16,18). The summed E-state index contributed by atoms with van der Waals surface area (Å²) in [4.78, 5) is 14.2. The van der Waals surface area contributed by atoms with E-state index in [-0.39, 0.29) is 11.9 Å². The number of carbonyl (C=O) groups excluding carboxylic acids is 1. The zero-order chi connectivity index (χ0) is 14.4. The number of carbonyl (C=O) groups is 1. The van der Waals surface area contributed by atoms with Crippen molar-refractivity contribution in [3.8, 4) is 0 Å². The Bertz CT molecular complexity index is 437. The van der Waals surface area contributed by atoms with Gasteiger partial charge in [-0.05, 0) is 44.8 Å². The van der Waals surface area contributed by atoms with E-state index in [9.17, 15) is 4.79 Å². The molecule has 4 nitrogen and oxygen atoms in total. The third-order valence-corrected chi connectivity index (χ3v) is 3.91. The number of nitrogens with one attached hydrogen (secondary N) is 1. The zero-order valence-electron chi connectivity index (χ0n) is 12.1. The Morgan fingerprint density at radius 2 is 2.21 bits per heavy atom. The average molecular weight is 281 g/mol. The predicted octanol–water partition coefficient (Wildman–Crippen LogP) is 2.20. The van der Waals surface area contributed by atoms with Gasteiger partial charge in [0.05, 0.1) is 6.04 Å². The highest BCUT2D eigenvalue weighted by Crippen LogP contribution is 2.20. The van der Waals surface area contributed by atoms with Crippen LogP contribution in [-0.2, 0) is 4.79 Å². The lowest BCUT2D eigenvalue weighted by atomic mass is 10.1. The molecule has 1 amide bonds. The summed E-state index contributed by atoms with van der Waals surface area (Å²) >= 11 is 1.78. The van der Waals surface area contributed by atoms with Gasteiger partial charge in [-0.1, -0.05) is 6.07 Å². The molecule has 1 aromatic carbocycles.